The molecule has 0 unspecified atom stereocenters. The molecule has 0 fully saturated rings. The van der Waals surface area contributed by atoms with Gasteiger partial charge < -0.3 is 10.1 Å². The first-order valence-electron chi connectivity index (χ1n) is 13.5. The molecule has 1 aliphatic heterocycles. The van der Waals surface area contributed by atoms with Gasteiger partial charge in [-0.25, -0.2) is 9.38 Å². The maximum absolute atomic E-state index is 13.9. The minimum Gasteiger partial charge on any atom is -0.489 e. The van der Waals surface area contributed by atoms with Crippen LogP contribution in [-0.2, 0) is 11.4 Å². The largest absolute Gasteiger partial charge is 0.489 e. The highest BCUT2D eigenvalue weighted by molar-refractivity contribution is 7.07. The van der Waals surface area contributed by atoms with Crippen LogP contribution in [0, 0.1) is 5.82 Å². The van der Waals surface area contributed by atoms with Gasteiger partial charge in [-0.1, -0.05) is 77.5 Å². The Morgan fingerprint density at radius 3 is 2.40 bits per heavy atom. The fourth-order valence-electron chi connectivity index (χ4n) is 4.85. The number of anilines is 1. The number of hydrogen-bond donors (Lipinski definition) is 1. The SMILES string of the molecule is CC1=C(C(=O)Nc2ccccc2)[C@@H](c2ccc(Cl)cc2)n2c(s/c(=C\c3ccc(OCc4ccc(F)cc4)cc3)c2=O)=N1. The highest BCUT2D eigenvalue weighted by atomic mass is 35.5. The molecule has 1 amide bonds. The number of nitrogens with zero attached hydrogens (tertiary/aromatic N) is 2. The summed E-state index contributed by atoms with van der Waals surface area (Å²) in [5.41, 5.74) is 3.71. The van der Waals surface area contributed by atoms with E-state index in [9.17, 15) is 14.0 Å². The molecular formula is C34H25ClFN3O3S. The quantitative estimate of drug-likeness (QED) is 0.237. The second-order valence-electron chi connectivity index (χ2n) is 9.94. The number of rotatable bonds is 7. The van der Waals surface area contributed by atoms with E-state index >= 15 is 0 Å². The van der Waals surface area contributed by atoms with Crippen LogP contribution < -0.4 is 24.9 Å². The van der Waals surface area contributed by atoms with Crippen LogP contribution in [0.2, 0.25) is 5.02 Å². The van der Waals surface area contributed by atoms with Gasteiger partial charge in [-0.2, -0.15) is 0 Å². The van der Waals surface area contributed by atoms with Crippen molar-refractivity contribution in [1.29, 1.82) is 0 Å². The number of benzene rings is 4. The molecule has 5 aromatic rings. The molecular weight excluding hydrogens is 585 g/mol. The van der Waals surface area contributed by atoms with Gasteiger partial charge in [0.25, 0.3) is 11.5 Å². The second kappa shape index (κ2) is 12.2. The van der Waals surface area contributed by atoms with E-state index in [0.29, 0.717) is 43.7 Å². The third kappa shape index (κ3) is 6.21. The van der Waals surface area contributed by atoms with E-state index in [1.165, 1.54) is 23.5 Å². The van der Waals surface area contributed by atoms with E-state index in [4.69, 9.17) is 16.3 Å². The first-order chi connectivity index (χ1) is 20.9. The molecule has 0 saturated carbocycles. The number of aromatic nitrogens is 1. The highest BCUT2D eigenvalue weighted by Gasteiger charge is 2.32. The lowest BCUT2D eigenvalue weighted by atomic mass is 9.95. The first-order valence-corrected chi connectivity index (χ1v) is 14.7. The Kier molecular flexibility index (Phi) is 8.05. The Morgan fingerprint density at radius 2 is 1.70 bits per heavy atom. The fourth-order valence-corrected chi connectivity index (χ4v) is 6.02. The summed E-state index contributed by atoms with van der Waals surface area (Å²) in [5.74, 6) is 0.0213. The van der Waals surface area contributed by atoms with Crippen LogP contribution >= 0.6 is 22.9 Å². The van der Waals surface area contributed by atoms with Crippen LogP contribution in [0.15, 0.2) is 124 Å². The van der Waals surface area contributed by atoms with Crippen LogP contribution in [0.1, 0.15) is 29.7 Å². The standard InChI is InChI=1S/C34H25ClFN3O3S/c1-21-30(32(40)38-27-5-3-2-4-6-27)31(24-11-13-25(35)14-12-24)39-33(41)29(43-34(39)37-21)19-22-9-17-28(18-10-22)42-20-23-7-15-26(36)16-8-23/h2-19,31H,20H2,1H3,(H,38,40)/b29-19-/t31-/m1/s1. The summed E-state index contributed by atoms with van der Waals surface area (Å²) in [7, 11) is 0. The number of allylic oxidation sites excluding steroid dienone is 1. The number of thiazole rings is 1. The Bertz CT molecular complexity index is 2000. The third-order valence-electron chi connectivity index (χ3n) is 6.98. The lowest BCUT2D eigenvalue weighted by Gasteiger charge is -2.25. The van der Waals surface area contributed by atoms with Gasteiger partial charge in [0, 0.05) is 10.7 Å². The average Bonchev–Trinajstić information content (AvgIpc) is 3.31. The van der Waals surface area contributed by atoms with Gasteiger partial charge >= 0.3 is 0 Å². The summed E-state index contributed by atoms with van der Waals surface area (Å²) in [5, 5.41) is 3.50. The fraction of sp³-hybridized carbons (Fsp3) is 0.0882. The normalized spacial score (nSPS) is 14.7. The van der Waals surface area contributed by atoms with Crippen LogP contribution in [0.5, 0.6) is 5.75 Å². The molecule has 214 valence electrons. The highest BCUT2D eigenvalue weighted by Crippen LogP contribution is 2.31. The van der Waals surface area contributed by atoms with Crippen molar-refractivity contribution in [3.8, 4) is 5.75 Å². The average molecular weight is 610 g/mol. The van der Waals surface area contributed by atoms with Gasteiger partial charge in [-0.05, 0) is 78.2 Å². The van der Waals surface area contributed by atoms with Crippen molar-refractivity contribution in [2.75, 3.05) is 5.32 Å². The van der Waals surface area contributed by atoms with Gasteiger partial charge in [0.1, 0.15) is 18.2 Å². The molecule has 0 spiro atoms. The molecule has 0 radical (unpaired) electrons. The van der Waals surface area contributed by atoms with Crippen LogP contribution in [0.4, 0.5) is 10.1 Å². The van der Waals surface area contributed by atoms with Gasteiger partial charge in [0.05, 0.1) is 21.8 Å². The lowest BCUT2D eigenvalue weighted by Crippen LogP contribution is -2.40. The summed E-state index contributed by atoms with van der Waals surface area (Å²) < 4.78 is 21.0. The van der Waals surface area contributed by atoms with Gasteiger partial charge in [-0.3, -0.25) is 14.2 Å². The zero-order chi connectivity index (χ0) is 29.9. The molecule has 6 nitrogen and oxygen atoms in total. The van der Waals surface area contributed by atoms with Gasteiger partial charge in [0.15, 0.2) is 4.80 Å². The van der Waals surface area contributed by atoms with E-state index in [2.05, 4.69) is 10.3 Å². The van der Waals surface area contributed by atoms with Gasteiger partial charge in [-0.15, -0.1) is 0 Å². The molecule has 4 aromatic carbocycles. The Labute approximate surface area is 255 Å². The number of fused-ring (bicyclic) bond motifs is 1. The monoisotopic (exact) mass is 609 g/mol. The van der Waals surface area contributed by atoms with Crippen molar-refractivity contribution in [1.82, 2.24) is 4.57 Å². The molecule has 1 aromatic heterocycles. The minimum absolute atomic E-state index is 0.252. The molecule has 1 N–H and O–H groups in total. The number of halogens is 2. The van der Waals surface area contributed by atoms with Crippen molar-refractivity contribution in [2.24, 2.45) is 4.99 Å². The number of nitrogens with one attached hydrogen (secondary N) is 1. The molecule has 0 aliphatic carbocycles. The Hall–Kier alpha value is -4.79. The zero-order valence-electron chi connectivity index (χ0n) is 23.0. The number of hydrogen-bond acceptors (Lipinski definition) is 5. The van der Waals surface area contributed by atoms with Crippen molar-refractivity contribution in [3.05, 3.63) is 162 Å². The van der Waals surface area contributed by atoms with Crippen LogP contribution in [0.3, 0.4) is 0 Å². The Balaban J connectivity index is 1.33. The van der Waals surface area contributed by atoms with E-state index in [-0.39, 0.29) is 17.3 Å². The van der Waals surface area contributed by atoms with Crippen molar-refractivity contribution < 1.29 is 13.9 Å². The third-order valence-corrected chi connectivity index (χ3v) is 8.22. The second-order valence-corrected chi connectivity index (χ2v) is 11.4. The molecule has 43 heavy (non-hydrogen) atoms. The maximum atomic E-state index is 13.9. The van der Waals surface area contributed by atoms with Crippen molar-refractivity contribution in [3.63, 3.8) is 0 Å². The Morgan fingerprint density at radius 1 is 1.00 bits per heavy atom. The van der Waals surface area contributed by atoms with E-state index in [0.717, 1.165) is 16.7 Å². The molecule has 1 aliphatic rings. The number of ether oxygens (including phenoxy) is 1. The first kappa shape index (κ1) is 28.3. The number of carbonyl (C=O) groups excluding carboxylic acids is 1. The number of carbonyl (C=O) groups is 1. The summed E-state index contributed by atoms with van der Waals surface area (Å²) in [6.45, 7) is 2.09. The predicted octanol–water partition coefficient (Wildman–Crippen LogP) is 6.25. The summed E-state index contributed by atoms with van der Waals surface area (Å²) in [6, 6.07) is 29.1. The number of para-hydroxylation sites is 1. The number of amides is 1. The zero-order valence-corrected chi connectivity index (χ0v) is 24.5. The summed E-state index contributed by atoms with van der Waals surface area (Å²) in [4.78, 5) is 32.7. The van der Waals surface area contributed by atoms with E-state index in [1.807, 2.05) is 54.6 Å². The topological polar surface area (TPSA) is 72.7 Å². The summed E-state index contributed by atoms with van der Waals surface area (Å²) in [6.07, 6.45) is 1.80. The lowest BCUT2D eigenvalue weighted by molar-refractivity contribution is -0.113. The molecule has 9 heteroatoms. The molecule has 1 atom stereocenters. The van der Waals surface area contributed by atoms with E-state index in [1.54, 1.807) is 54.0 Å². The molecule has 2 heterocycles. The van der Waals surface area contributed by atoms with Crippen LogP contribution in [0.25, 0.3) is 6.08 Å². The molecule has 0 saturated heterocycles. The maximum Gasteiger partial charge on any atom is 0.271 e. The smallest absolute Gasteiger partial charge is 0.271 e. The predicted molar refractivity (Wildman–Crippen MR) is 167 cm³/mol. The summed E-state index contributed by atoms with van der Waals surface area (Å²) >= 11 is 7.44. The van der Waals surface area contributed by atoms with Gasteiger partial charge in [0.2, 0.25) is 0 Å². The van der Waals surface area contributed by atoms with Crippen LogP contribution in [-0.4, -0.2) is 10.5 Å². The minimum atomic E-state index is -0.693. The van der Waals surface area contributed by atoms with Crippen molar-refractivity contribution >= 4 is 40.6 Å². The molecule has 0 bridgehead atoms. The van der Waals surface area contributed by atoms with Crippen molar-refractivity contribution in [2.45, 2.75) is 19.6 Å². The van der Waals surface area contributed by atoms with E-state index < -0.39 is 6.04 Å². The molecule has 6 rings (SSSR count).